The number of urea groups is 1. The third-order valence-corrected chi connectivity index (χ3v) is 4.75. The van der Waals surface area contributed by atoms with Crippen molar-refractivity contribution in [3.63, 3.8) is 0 Å². The van der Waals surface area contributed by atoms with E-state index in [4.69, 9.17) is 0 Å². The molecular weight excluding hydrogens is 348 g/mol. The zero-order valence-corrected chi connectivity index (χ0v) is 15.2. The van der Waals surface area contributed by atoms with E-state index in [9.17, 15) is 9.59 Å². The highest BCUT2D eigenvalue weighted by molar-refractivity contribution is 7.99. The maximum Gasteiger partial charge on any atom is 0.321 e. The quantitative estimate of drug-likeness (QED) is 0.686. The van der Waals surface area contributed by atoms with Crippen LogP contribution in [0.1, 0.15) is 18.7 Å². The molecule has 0 atom stereocenters. The van der Waals surface area contributed by atoms with Gasteiger partial charge in [-0.3, -0.25) is 10.1 Å². The average Bonchev–Trinajstić information content (AvgIpc) is 3.16. The summed E-state index contributed by atoms with van der Waals surface area (Å²) in [4.78, 5) is 24.7. The van der Waals surface area contributed by atoms with Gasteiger partial charge in [0.2, 0.25) is 11.1 Å². The minimum Gasteiger partial charge on any atom is -0.337 e. The Kier molecular flexibility index (Phi) is 7.19. The molecule has 2 heterocycles. The van der Waals surface area contributed by atoms with E-state index in [1.807, 2.05) is 17.5 Å². The average molecular weight is 368 g/mol. The summed E-state index contributed by atoms with van der Waals surface area (Å²) in [7, 11) is 0. The van der Waals surface area contributed by atoms with Crippen molar-refractivity contribution in [3.8, 4) is 0 Å². The molecule has 2 N–H and O–H groups in total. The number of nitrogens with zero attached hydrogens (tertiary/aromatic N) is 4. The molecule has 0 unspecified atom stereocenters. The first kappa shape index (κ1) is 18.4. The molecule has 0 aliphatic heterocycles. The van der Waals surface area contributed by atoms with Gasteiger partial charge in [0.1, 0.15) is 0 Å². The molecule has 0 radical (unpaired) electrons. The van der Waals surface area contributed by atoms with Gasteiger partial charge >= 0.3 is 6.03 Å². The number of hydrogen-bond donors (Lipinski definition) is 2. The van der Waals surface area contributed by atoms with Gasteiger partial charge in [0.25, 0.3) is 0 Å². The molecular formula is C14H20N6O2S2. The number of tetrazole rings is 1. The zero-order chi connectivity index (χ0) is 17.4. The van der Waals surface area contributed by atoms with E-state index >= 15 is 0 Å². The highest BCUT2D eigenvalue weighted by atomic mass is 32.2. The summed E-state index contributed by atoms with van der Waals surface area (Å²) in [5, 5.41) is 18.9. The first-order valence-corrected chi connectivity index (χ1v) is 9.40. The minimum absolute atomic E-state index is 0.0802. The van der Waals surface area contributed by atoms with E-state index in [2.05, 4.69) is 40.0 Å². The second kappa shape index (κ2) is 9.38. The van der Waals surface area contributed by atoms with Gasteiger partial charge in [-0.2, -0.15) is 0 Å². The number of carbonyl (C=O) groups is 2. The van der Waals surface area contributed by atoms with Crippen molar-refractivity contribution in [2.75, 3.05) is 12.3 Å². The smallest absolute Gasteiger partial charge is 0.321 e. The topological polar surface area (TPSA) is 102 Å². The lowest BCUT2D eigenvalue weighted by atomic mass is 10.2. The standard InChI is InChI=1S/C14H20N6O2S2/c1-10(2)8-20-14(17-18-19-20)24-9-12(21)16-13(22)15-6-5-11-4-3-7-23-11/h3-4,7,10H,5-6,8-9H2,1-2H3,(H2,15,16,21,22). The molecule has 10 heteroatoms. The molecule has 0 aromatic carbocycles. The van der Waals surface area contributed by atoms with Crippen molar-refractivity contribution in [1.29, 1.82) is 0 Å². The van der Waals surface area contributed by atoms with E-state index in [0.29, 0.717) is 24.2 Å². The predicted octanol–water partition coefficient (Wildman–Crippen LogP) is 1.55. The van der Waals surface area contributed by atoms with Gasteiger partial charge in [-0.1, -0.05) is 31.7 Å². The van der Waals surface area contributed by atoms with Crippen molar-refractivity contribution < 1.29 is 9.59 Å². The summed E-state index contributed by atoms with van der Waals surface area (Å²) < 4.78 is 1.66. The molecule has 24 heavy (non-hydrogen) atoms. The molecule has 0 spiro atoms. The number of carbonyl (C=O) groups excluding carboxylic acids is 2. The highest BCUT2D eigenvalue weighted by Gasteiger charge is 2.12. The second-order valence-electron chi connectivity index (χ2n) is 5.46. The predicted molar refractivity (Wildman–Crippen MR) is 92.9 cm³/mol. The Morgan fingerprint density at radius 3 is 2.96 bits per heavy atom. The second-order valence-corrected chi connectivity index (χ2v) is 7.43. The number of thioether (sulfide) groups is 1. The Bertz CT molecular complexity index is 656. The fourth-order valence-corrected chi connectivity index (χ4v) is 3.25. The number of rotatable bonds is 8. The van der Waals surface area contributed by atoms with E-state index in [-0.39, 0.29) is 11.7 Å². The lowest BCUT2D eigenvalue weighted by Gasteiger charge is -2.07. The van der Waals surface area contributed by atoms with Crippen LogP contribution >= 0.6 is 23.1 Å². The summed E-state index contributed by atoms with van der Waals surface area (Å²) in [5.41, 5.74) is 0. The van der Waals surface area contributed by atoms with Crippen LogP contribution in [0.3, 0.4) is 0 Å². The van der Waals surface area contributed by atoms with E-state index in [1.54, 1.807) is 16.0 Å². The zero-order valence-electron chi connectivity index (χ0n) is 13.6. The van der Waals surface area contributed by atoms with Gasteiger partial charge in [0.05, 0.1) is 5.75 Å². The van der Waals surface area contributed by atoms with Crippen molar-refractivity contribution in [3.05, 3.63) is 22.4 Å². The van der Waals surface area contributed by atoms with Crippen LogP contribution in [0.2, 0.25) is 0 Å². The van der Waals surface area contributed by atoms with Crippen LogP contribution in [0.5, 0.6) is 0 Å². The maximum absolute atomic E-state index is 11.8. The summed E-state index contributed by atoms with van der Waals surface area (Å²) in [6.45, 7) is 5.28. The van der Waals surface area contributed by atoms with Crippen molar-refractivity contribution in [1.82, 2.24) is 30.8 Å². The number of imide groups is 1. The molecule has 2 aromatic heterocycles. The van der Waals surface area contributed by atoms with Crippen LogP contribution in [0.25, 0.3) is 0 Å². The maximum atomic E-state index is 11.8. The lowest BCUT2D eigenvalue weighted by molar-refractivity contribution is -0.117. The first-order chi connectivity index (χ1) is 11.5. The molecule has 2 rings (SSSR count). The van der Waals surface area contributed by atoms with Gasteiger partial charge in [-0.15, -0.1) is 16.4 Å². The van der Waals surface area contributed by atoms with Crippen LogP contribution in [-0.4, -0.2) is 44.4 Å². The Morgan fingerprint density at radius 1 is 1.42 bits per heavy atom. The van der Waals surface area contributed by atoms with E-state index in [0.717, 1.165) is 6.42 Å². The Balaban J connectivity index is 1.67. The minimum atomic E-state index is -0.487. The summed E-state index contributed by atoms with van der Waals surface area (Å²) >= 11 is 2.84. The van der Waals surface area contributed by atoms with Crippen LogP contribution < -0.4 is 10.6 Å². The normalized spacial score (nSPS) is 10.8. The molecule has 0 saturated heterocycles. The molecule has 8 nitrogen and oxygen atoms in total. The fourth-order valence-electron chi connectivity index (χ4n) is 1.85. The number of aromatic nitrogens is 4. The number of nitrogens with one attached hydrogen (secondary N) is 2. The van der Waals surface area contributed by atoms with Gasteiger partial charge < -0.3 is 5.32 Å². The van der Waals surface area contributed by atoms with Crippen LogP contribution in [0.4, 0.5) is 4.79 Å². The Morgan fingerprint density at radius 2 is 2.25 bits per heavy atom. The van der Waals surface area contributed by atoms with Crippen molar-refractivity contribution in [2.45, 2.75) is 32.0 Å². The number of amides is 3. The van der Waals surface area contributed by atoms with E-state index < -0.39 is 6.03 Å². The monoisotopic (exact) mass is 368 g/mol. The number of thiophene rings is 1. The molecule has 3 amide bonds. The summed E-state index contributed by atoms with van der Waals surface area (Å²) in [6, 6.07) is 3.49. The van der Waals surface area contributed by atoms with Crippen molar-refractivity contribution in [2.24, 2.45) is 5.92 Å². The molecule has 0 saturated carbocycles. The fraction of sp³-hybridized carbons (Fsp3) is 0.500. The highest BCUT2D eigenvalue weighted by Crippen LogP contribution is 2.14. The van der Waals surface area contributed by atoms with Crippen molar-refractivity contribution >= 4 is 35.0 Å². The van der Waals surface area contributed by atoms with Crippen LogP contribution in [0.15, 0.2) is 22.7 Å². The van der Waals surface area contributed by atoms with Crippen LogP contribution in [-0.2, 0) is 17.8 Å². The van der Waals surface area contributed by atoms with E-state index in [1.165, 1.54) is 16.6 Å². The van der Waals surface area contributed by atoms with Gasteiger partial charge in [0.15, 0.2) is 0 Å². The Labute approximate surface area is 148 Å². The summed E-state index contributed by atoms with van der Waals surface area (Å²) in [6.07, 6.45) is 0.748. The largest absolute Gasteiger partial charge is 0.337 e. The molecule has 0 fully saturated rings. The third-order valence-electron chi connectivity index (χ3n) is 2.86. The molecule has 130 valence electrons. The SMILES string of the molecule is CC(C)Cn1nnnc1SCC(=O)NC(=O)NCCc1cccs1. The Hall–Kier alpha value is -1.94. The van der Waals surface area contributed by atoms with Gasteiger partial charge in [-0.25, -0.2) is 9.48 Å². The van der Waals surface area contributed by atoms with Gasteiger partial charge in [-0.05, 0) is 34.2 Å². The molecule has 0 bridgehead atoms. The lowest BCUT2D eigenvalue weighted by Crippen LogP contribution is -2.41. The van der Waals surface area contributed by atoms with Gasteiger partial charge in [0, 0.05) is 18.0 Å². The van der Waals surface area contributed by atoms with Crippen LogP contribution in [0, 0.1) is 5.92 Å². The first-order valence-electron chi connectivity index (χ1n) is 7.53. The molecule has 0 aliphatic carbocycles. The number of hydrogen-bond acceptors (Lipinski definition) is 7. The summed E-state index contributed by atoms with van der Waals surface area (Å²) in [5.74, 6) is 0.0973. The molecule has 0 aliphatic rings. The third kappa shape index (κ3) is 6.28. The molecule has 2 aromatic rings.